The largest absolute Gasteiger partial charge is 0.481 e. The molecule has 0 heterocycles. The fraction of sp³-hybridized carbons (Fsp3) is 0.667. The Kier molecular flexibility index (Phi) is 5.73. The quantitative estimate of drug-likeness (QED) is 0.542. The number of thiol groups is 1. The smallest absolute Gasteiger partial charge is 0.303 e. The molecule has 0 saturated heterocycles. The summed E-state index contributed by atoms with van der Waals surface area (Å²) < 4.78 is 0. The predicted molar refractivity (Wildman–Crippen MR) is 61.7 cm³/mol. The third-order valence-electron chi connectivity index (χ3n) is 2.10. The molecule has 0 aromatic rings. The van der Waals surface area contributed by atoms with Gasteiger partial charge in [-0.25, -0.2) is 0 Å². The zero-order valence-electron chi connectivity index (χ0n) is 7.99. The minimum atomic E-state index is -0.912. The van der Waals surface area contributed by atoms with Gasteiger partial charge in [0.1, 0.15) is 0 Å². The van der Waals surface area contributed by atoms with Gasteiger partial charge in [-0.3, -0.25) is 4.79 Å². The molecule has 78 valence electrons. The monoisotopic (exact) mass is 231 g/mol. The van der Waals surface area contributed by atoms with Gasteiger partial charge in [0.25, 0.3) is 0 Å². The lowest BCUT2D eigenvalue weighted by Gasteiger charge is -2.24. The van der Waals surface area contributed by atoms with E-state index in [1.165, 1.54) is 0 Å². The van der Waals surface area contributed by atoms with E-state index in [4.69, 9.17) is 22.6 Å². The molecule has 0 amide bonds. The average Bonchev–Trinajstić information content (AvgIpc) is 2.19. The van der Waals surface area contributed by atoms with Crippen LogP contribution in [0.2, 0.25) is 0 Å². The third kappa shape index (κ3) is 3.28. The van der Waals surface area contributed by atoms with Crippen molar-refractivity contribution in [2.45, 2.75) is 26.2 Å². The first kappa shape index (κ1) is 13.4. The first-order valence-electron chi connectivity index (χ1n) is 4.29. The summed E-state index contributed by atoms with van der Waals surface area (Å²) in [6, 6.07) is 2.09. The lowest BCUT2D eigenvalue weighted by molar-refractivity contribution is -0.137. The molecule has 1 N–H and O–H groups in total. The van der Waals surface area contributed by atoms with E-state index in [0.29, 0.717) is 11.3 Å². The zero-order chi connectivity index (χ0) is 11.2. The van der Waals surface area contributed by atoms with Gasteiger partial charge in [0, 0.05) is 17.0 Å². The average molecular weight is 231 g/mol. The van der Waals surface area contributed by atoms with E-state index in [9.17, 15) is 4.79 Å². The van der Waals surface area contributed by atoms with Crippen molar-refractivity contribution in [1.29, 1.82) is 5.26 Å². The van der Waals surface area contributed by atoms with Gasteiger partial charge >= 0.3 is 5.97 Å². The summed E-state index contributed by atoms with van der Waals surface area (Å²) in [5.74, 6) is -0.631. The van der Waals surface area contributed by atoms with E-state index in [2.05, 4.69) is 18.7 Å². The minimum Gasteiger partial charge on any atom is -0.481 e. The molecule has 1 unspecified atom stereocenters. The molecule has 0 saturated carbocycles. The minimum absolute atomic E-state index is 0.0474. The van der Waals surface area contributed by atoms with Crippen molar-refractivity contribution in [3.05, 3.63) is 0 Å². The van der Waals surface area contributed by atoms with Crippen molar-refractivity contribution in [2.24, 2.45) is 5.41 Å². The van der Waals surface area contributed by atoms with Crippen LogP contribution in [0.25, 0.3) is 0 Å². The van der Waals surface area contributed by atoms with Gasteiger partial charge in [0.15, 0.2) is 0 Å². The maximum atomic E-state index is 10.4. The molecule has 14 heavy (non-hydrogen) atoms. The van der Waals surface area contributed by atoms with Crippen molar-refractivity contribution >= 4 is 35.7 Å². The lowest BCUT2D eigenvalue weighted by Crippen LogP contribution is -2.30. The topological polar surface area (TPSA) is 61.1 Å². The van der Waals surface area contributed by atoms with Gasteiger partial charge in [-0.05, 0) is 12.8 Å². The van der Waals surface area contributed by atoms with Gasteiger partial charge in [0.2, 0.25) is 0 Å². The summed E-state index contributed by atoms with van der Waals surface area (Å²) in [4.78, 5) is 11.0. The molecule has 0 rings (SSSR count). The Hall–Kier alpha value is -0.600. The third-order valence-corrected chi connectivity index (χ3v) is 3.32. The van der Waals surface area contributed by atoms with Crippen LogP contribution in [0.5, 0.6) is 0 Å². The fourth-order valence-corrected chi connectivity index (χ4v) is 1.87. The summed E-state index contributed by atoms with van der Waals surface area (Å²) in [5, 5.41) is 17.6. The first-order chi connectivity index (χ1) is 6.52. The number of hydrogen-bond donors (Lipinski definition) is 2. The van der Waals surface area contributed by atoms with Crippen LogP contribution in [-0.4, -0.2) is 21.7 Å². The summed E-state index contributed by atoms with van der Waals surface area (Å²) in [5.41, 5.74) is -0.856. The molecule has 0 aromatic heterocycles. The van der Waals surface area contributed by atoms with E-state index in [1.54, 1.807) is 0 Å². The van der Waals surface area contributed by atoms with Crippen molar-refractivity contribution < 1.29 is 9.90 Å². The van der Waals surface area contributed by atoms with Crippen LogP contribution in [-0.2, 0) is 4.79 Å². The Morgan fingerprint density at radius 1 is 1.71 bits per heavy atom. The van der Waals surface area contributed by atoms with E-state index in [1.807, 2.05) is 6.92 Å². The van der Waals surface area contributed by atoms with Gasteiger partial charge in [-0.1, -0.05) is 19.1 Å². The summed E-state index contributed by atoms with van der Waals surface area (Å²) in [6.45, 7) is 1.86. The summed E-state index contributed by atoms with van der Waals surface area (Å²) in [7, 11) is 0. The van der Waals surface area contributed by atoms with Gasteiger partial charge in [-0.2, -0.15) is 17.9 Å². The zero-order valence-corrected chi connectivity index (χ0v) is 9.70. The van der Waals surface area contributed by atoms with Crippen LogP contribution in [0.3, 0.4) is 0 Å². The number of carboxylic acid groups (broad SMARTS) is 1. The molecular weight excluding hydrogens is 218 g/mol. The highest BCUT2D eigenvalue weighted by molar-refractivity contribution is 7.81. The number of nitriles is 1. The lowest BCUT2D eigenvalue weighted by atomic mass is 9.82. The van der Waals surface area contributed by atoms with Gasteiger partial charge in [0.05, 0.1) is 11.5 Å². The summed E-state index contributed by atoms with van der Waals surface area (Å²) in [6.07, 6.45) is 0.798. The maximum Gasteiger partial charge on any atom is 0.303 e. The highest BCUT2D eigenvalue weighted by atomic mass is 32.1. The Balaban J connectivity index is 4.64. The molecule has 1 atom stereocenters. The molecule has 0 bridgehead atoms. The molecule has 5 heteroatoms. The molecule has 0 radical (unpaired) electrons. The summed E-state index contributed by atoms with van der Waals surface area (Å²) >= 11 is 9.15. The van der Waals surface area contributed by atoms with Crippen LogP contribution in [0.15, 0.2) is 0 Å². The van der Waals surface area contributed by atoms with Crippen molar-refractivity contribution in [3.8, 4) is 6.07 Å². The van der Waals surface area contributed by atoms with Crippen molar-refractivity contribution in [1.82, 2.24) is 0 Å². The Morgan fingerprint density at radius 3 is 2.57 bits per heavy atom. The van der Waals surface area contributed by atoms with Crippen molar-refractivity contribution in [2.75, 3.05) is 5.75 Å². The Labute approximate surface area is 94.5 Å². The number of hydrogen-bond acceptors (Lipinski definition) is 4. The van der Waals surface area contributed by atoms with Crippen LogP contribution in [0.1, 0.15) is 26.2 Å². The van der Waals surface area contributed by atoms with Gasteiger partial charge in [-0.15, -0.1) is 0 Å². The van der Waals surface area contributed by atoms with Crippen LogP contribution in [0.4, 0.5) is 0 Å². The number of carboxylic acids is 1. The molecule has 0 spiro atoms. The second-order valence-electron chi connectivity index (χ2n) is 3.02. The van der Waals surface area contributed by atoms with E-state index in [0.717, 1.165) is 0 Å². The van der Waals surface area contributed by atoms with Crippen LogP contribution < -0.4 is 0 Å². The number of carbonyl (C=O) groups is 1. The number of thiocarbonyl (C=S) groups is 1. The van der Waals surface area contributed by atoms with E-state index in [-0.39, 0.29) is 18.6 Å². The Bertz CT molecular complexity index is 272. The predicted octanol–water partition coefficient (Wildman–Crippen LogP) is 2.07. The number of aliphatic carboxylic acids is 1. The second-order valence-corrected chi connectivity index (χ2v) is 3.83. The second kappa shape index (κ2) is 5.99. The SMILES string of the molecule is CCC(=S)C(C#N)(CS)CCC(=O)O. The highest BCUT2D eigenvalue weighted by Gasteiger charge is 2.32. The standard InChI is InChI=1S/C9H13NO2S2/c1-2-7(14)9(5-10,6-13)4-3-8(11)12/h13H,2-4,6H2,1H3,(H,11,12). The fourth-order valence-electron chi connectivity index (χ4n) is 1.12. The molecule has 0 aromatic carbocycles. The van der Waals surface area contributed by atoms with Crippen molar-refractivity contribution in [3.63, 3.8) is 0 Å². The normalized spacial score (nSPS) is 14.1. The van der Waals surface area contributed by atoms with Crippen LogP contribution >= 0.6 is 24.8 Å². The number of rotatable bonds is 6. The molecule has 0 aliphatic heterocycles. The van der Waals surface area contributed by atoms with E-state index < -0.39 is 11.4 Å². The van der Waals surface area contributed by atoms with Crippen LogP contribution in [0, 0.1) is 16.7 Å². The van der Waals surface area contributed by atoms with E-state index >= 15 is 0 Å². The Morgan fingerprint density at radius 2 is 2.29 bits per heavy atom. The maximum absolute atomic E-state index is 10.4. The van der Waals surface area contributed by atoms with Gasteiger partial charge < -0.3 is 5.11 Å². The molecule has 0 aliphatic rings. The molecule has 3 nitrogen and oxygen atoms in total. The molecular formula is C9H13NO2S2. The molecule has 0 fully saturated rings. The first-order valence-corrected chi connectivity index (χ1v) is 5.33. The molecule has 0 aliphatic carbocycles. The highest BCUT2D eigenvalue weighted by Crippen LogP contribution is 2.28. The number of nitrogens with zero attached hydrogens (tertiary/aromatic N) is 1.